The number of fused-ring (bicyclic) bond motifs is 14. The quantitative estimate of drug-likeness (QED) is 0.187. The summed E-state index contributed by atoms with van der Waals surface area (Å²) in [6, 6.07) is 58.2. The molecule has 8 aromatic rings. The van der Waals surface area contributed by atoms with Crippen LogP contribution in [0.1, 0.15) is 22.3 Å². The van der Waals surface area contributed by atoms with Gasteiger partial charge in [-0.1, -0.05) is 140 Å². The lowest BCUT2D eigenvalue weighted by atomic mass is 9.67. The molecule has 1 unspecified atom stereocenters. The Morgan fingerprint density at radius 3 is 1.83 bits per heavy atom. The number of ether oxygens (including phenoxy) is 1. The molecule has 0 aromatic heterocycles. The van der Waals surface area contributed by atoms with Crippen molar-refractivity contribution in [3.05, 3.63) is 180 Å². The van der Waals surface area contributed by atoms with Crippen molar-refractivity contribution < 1.29 is 4.74 Å². The molecule has 1 spiro atoms. The van der Waals surface area contributed by atoms with Gasteiger partial charge >= 0.3 is 0 Å². The fourth-order valence-corrected chi connectivity index (χ4v) is 8.97. The Morgan fingerprint density at radius 1 is 0.370 bits per heavy atom. The second-order valence-electron chi connectivity index (χ2n) is 12.8. The van der Waals surface area contributed by atoms with E-state index in [-0.39, 0.29) is 0 Å². The summed E-state index contributed by atoms with van der Waals surface area (Å²) in [7, 11) is 0. The van der Waals surface area contributed by atoms with E-state index >= 15 is 0 Å². The van der Waals surface area contributed by atoms with Crippen molar-refractivity contribution in [2.75, 3.05) is 0 Å². The third kappa shape index (κ3) is 2.87. The lowest BCUT2D eigenvalue weighted by Crippen LogP contribution is -2.27. The molecule has 1 atom stereocenters. The topological polar surface area (TPSA) is 9.23 Å². The standard InChI is InChI=1S/C45H26O/c1-2-13-30-27(11-1)23-24-37-33-15-4-7-21-39(33)45(43(30)37)38-20-6-3-14-32(38)36-19-10-17-31(44(36)45)29-25-28-12-9-18-35-34-16-5-8-22-40(34)46-41(26-29)42(28)35/h1-26H. The van der Waals surface area contributed by atoms with Gasteiger partial charge in [0.05, 0.1) is 5.41 Å². The molecule has 1 heteroatoms. The number of hydrogen-bond donors (Lipinski definition) is 0. The first-order valence-corrected chi connectivity index (χ1v) is 16.0. The van der Waals surface area contributed by atoms with Crippen LogP contribution in [0.5, 0.6) is 11.5 Å². The van der Waals surface area contributed by atoms with Crippen LogP contribution >= 0.6 is 0 Å². The molecule has 3 aliphatic rings. The monoisotopic (exact) mass is 582 g/mol. The molecule has 46 heavy (non-hydrogen) atoms. The van der Waals surface area contributed by atoms with Gasteiger partial charge in [0.25, 0.3) is 0 Å². The van der Waals surface area contributed by atoms with Gasteiger partial charge in [-0.25, -0.2) is 0 Å². The maximum atomic E-state index is 6.68. The summed E-state index contributed by atoms with van der Waals surface area (Å²) >= 11 is 0. The van der Waals surface area contributed by atoms with Gasteiger partial charge in [-0.3, -0.25) is 0 Å². The molecule has 11 rings (SSSR count). The Labute approximate surface area is 267 Å². The van der Waals surface area contributed by atoms with Gasteiger partial charge in [0.15, 0.2) is 0 Å². The van der Waals surface area contributed by atoms with E-state index in [1.165, 1.54) is 82.7 Å². The summed E-state index contributed by atoms with van der Waals surface area (Å²) in [6.07, 6.45) is 0. The summed E-state index contributed by atoms with van der Waals surface area (Å²) in [5.74, 6) is 1.83. The zero-order chi connectivity index (χ0) is 30.0. The zero-order valence-electron chi connectivity index (χ0n) is 24.9. The largest absolute Gasteiger partial charge is 0.456 e. The lowest BCUT2D eigenvalue weighted by Gasteiger charge is -2.33. The molecular formula is C45H26O. The normalized spacial score (nSPS) is 16.1. The van der Waals surface area contributed by atoms with Crippen molar-refractivity contribution in [3.8, 4) is 56.0 Å². The molecule has 2 aliphatic carbocycles. The number of para-hydroxylation sites is 1. The summed E-state index contributed by atoms with van der Waals surface area (Å²) < 4.78 is 6.68. The van der Waals surface area contributed by atoms with Crippen molar-refractivity contribution in [2.24, 2.45) is 0 Å². The van der Waals surface area contributed by atoms with E-state index in [1.54, 1.807) is 0 Å². The molecule has 0 amide bonds. The summed E-state index contributed by atoms with van der Waals surface area (Å²) in [5, 5.41) is 4.95. The highest BCUT2D eigenvalue weighted by Gasteiger charge is 2.53. The van der Waals surface area contributed by atoms with E-state index < -0.39 is 5.41 Å². The van der Waals surface area contributed by atoms with Gasteiger partial charge in [-0.05, 0) is 95.6 Å². The maximum Gasteiger partial charge on any atom is 0.136 e. The van der Waals surface area contributed by atoms with Crippen LogP contribution in [0, 0.1) is 0 Å². The van der Waals surface area contributed by atoms with E-state index in [0.29, 0.717) is 0 Å². The average Bonchev–Trinajstić information content (AvgIpc) is 3.59. The zero-order valence-corrected chi connectivity index (χ0v) is 24.9. The van der Waals surface area contributed by atoms with Crippen molar-refractivity contribution in [1.82, 2.24) is 0 Å². The van der Waals surface area contributed by atoms with Crippen molar-refractivity contribution in [2.45, 2.75) is 5.41 Å². The molecule has 0 bridgehead atoms. The SMILES string of the molecule is c1ccc2c(c1)Oc1cc(-c3cccc4c3C3(c5ccccc5-4)c4ccccc4-c4ccc5ccccc5c43)cc3cccc-2c13. The summed E-state index contributed by atoms with van der Waals surface area (Å²) in [6.45, 7) is 0. The maximum absolute atomic E-state index is 6.68. The average molecular weight is 583 g/mol. The van der Waals surface area contributed by atoms with Crippen LogP contribution < -0.4 is 4.74 Å². The van der Waals surface area contributed by atoms with E-state index in [9.17, 15) is 0 Å². The van der Waals surface area contributed by atoms with Crippen LogP contribution in [-0.2, 0) is 5.41 Å². The smallest absolute Gasteiger partial charge is 0.136 e. The first-order chi connectivity index (χ1) is 22.8. The summed E-state index contributed by atoms with van der Waals surface area (Å²) in [4.78, 5) is 0. The molecule has 0 saturated carbocycles. The number of rotatable bonds is 1. The number of hydrogen-bond acceptors (Lipinski definition) is 1. The summed E-state index contributed by atoms with van der Waals surface area (Å²) in [5.41, 5.74) is 15.1. The number of benzene rings is 8. The third-order valence-electron chi connectivity index (χ3n) is 10.6. The molecule has 0 saturated heterocycles. The predicted octanol–water partition coefficient (Wildman–Crippen LogP) is 11.8. The Balaban J connectivity index is 1.29. The van der Waals surface area contributed by atoms with Crippen LogP contribution in [0.4, 0.5) is 0 Å². The highest BCUT2D eigenvalue weighted by atomic mass is 16.5. The van der Waals surface area contributed by atoms with Gasteiger partial charge in [0, 0.05) is 10.9 Å². The minimum absolute atomic E-state index is 0.462. The Morgan fingerprint density at radius 2 is 0.978 bits per heavy atom. The van der Waals surface area contributed by atoms with Crippen molar-refractivity contribution >= 4 is 21.5 Å². The van der Waals surface area contributed by atoms with Gasteiger partial charge in [-0.2, -0.15) is 0 Å². The fraction of sp³-hybridized carbons (Fsp3) is 0.0222. The van der Waals surface area contributed by atoms with Crippen LogP contribution in [0.15, 0.2) is 158 Å². The highest BCUT2D eigenvalue weighted by Crippen LogP contribution is 2.65. The first-order valence-electron chi connectivity index (χ1n) is 16.0. The van der Waals surface area contributed by atoms with E-state index in [0.717, 1.165) is 17.1 Å². The van der Waals surface area contributed by atoms with Crippen LogP contribution in [0.25, 0.3) is 66.1 Å². The first kappa shape index (κ1) is 24.4. The highest BCUT2D eigenvalue weighted by molar-refractivity contribution is 6.08. The molecule has 0 fully saturated rings. The van der Waals surface area contributed by atoms with Crippen LogP contribution in [0.3, 0.4) is 0 Å². The Kier molecular flexibility index (Phi) is 4.57. The third-order valence-corrected chi connectivity index (χ3v) is 10.6. The minimum atomic E-state index is -0.462. The van der Waals surface area contributed by atoms with Crippen LogP contribution in [-0.4, -0.2) is 0 Å². The van der Waals surface area contributed by atoms with Crippen LogP contribution in [0.2, 0.25) is 0 Å². The van der Waals surface area contributed by atoms with Crippen molar-refractivity contribution in [3.63, 3.8) is 0 Å². The van der Waals surface area contributed by atoms with E-state index in [4.69, 9.17) is 4.74 Å². The van der Waals surface area contributed by atoms with E-state index in [2.05, 4.69) is 158 Å². The van der Waals surface area contributed by atoms with E-state index in [1.807, 2.05) is 0 Å². The van der Waals surface area contributed by atoms with Crippen molar-refractivity contribution in [1.29, 1.82) is 0 Å². The molecule has 0 N–H and O–H groups in total. The molecule has 0 radical (unpaired) electrons. The molecular weight excluding hydrogens is 556 g/mol. The van der Waals surface area contributed by atoms with Gasteiger partial charge < -0.3 is 4.74 Å². The minimum Gasteiger partial charge on any atom is -0.456 e. The second kappa shape index (κ2) is 8.62. The Bertz CT molecular complexity index is 2610. The second-order valence-corrected chi connectivity index (χ2v) is 12.8. The molecule has 1 nitrogen and oxygen atoms in total. The molecule has 212 valence electrons. The van der Waals surface area contributed by atoms with Gasteiger partial charge in [0.2, 0.25) is 0 Å². The predicted molar refractivity (Wildman–Crippen MR) is 189 cm³/mol. The van der Waals surface area contributed by atoms with Gasteiger partial charge in [-0.15, -0.1) is 0 Å². The lowest BCUT2D eigenvalue weighted by molar-refractivity contribution is 0.487. The molecule has 1 heterocycles. The fourth-order valence-electron chi connectivity index (χ4n) is 8.97. The van der Waals surface area contributed by atoms with Gasteiger partial charge in [0.1, 0.15) is 11.5 Å². The molecule has 1 aliphatic heterocycles. The molecule has 8 aromatic carbocycles. The Hall–Kier alpha value is -5.92.